The molecule has 0 bridgehead atoms. The molecule has 1 heterocycles. The lowest BCUT2D eigenvalue weighted by Gasteiger charge is -2.08. The molecule has 0 fully saturated rings. The van der Waals surface area contributed by atoms with Crippen molar-refractivity contribution in [3.05, 3.63) is 32.7 Å². The average Bonchev–Trinajstić information content (AvgIpc) is 2.54. The van der Waals surface area contributed by atoms with Gasteiger partial charge in [0.2, 0.25) is 0 Å². The minimum absolute atomic E-state index is 0.339. The fourth-order valence-corrected chi connectivity index (χ4v) is 3.32. The Kier molecular flexibility index (Phi) is 3.82. The second-order valence-electron chi connectivity index (χ2n) is 4.58. The van der Waals surface area contributed by atoms with Gasteiger partial charge in [-0.05, 0) is 24.1 Å². The number of nitrogens with two attached hydrogens (primary N) is 1. The van der Waals surface area contributed by atoms with Gasteiger partial charge in [-0.3, -0.25) is 4.68 Å². The summed E-state index contributed by atoms with van der Waals surface area (Å²) in [4.78, 5) is 0. The van der Waals surface area contributed by atoms with Gasteiger partial charge < -0.3 is 5.73 Å². The van der Waals surface area contributed by atoms with Crippen molar-refractivity contribution in [1.29, 1.82) is 0 Å². The highest BCUT2D eigenvalue weighted by atomic mass is 79.9. The molecule has 3 nitrogen and oxygen atoms in total. The molecule has 96 valence electrons. The van der Waals surface area contributed by atoms with E-state index >= 15 is 0 Å². The highest BCUT2D eigenvalue weighted by molar-refractivity contribution is 9.11. The van der Waals surface area contributed by atoms with Gasteiger partial charge >= 0.3 is 0 Å². The number of rotatable bonds is 2. The smallest absolute Gasteiger partial charge is 0.125 e. The molecule has 1 aromatic heterocycles. The third-order valence-corrected chi connectivity index (χ3v) is 3.76. The van der Waals surface area contributed by atoms with Crippen molar-refractivity contribution in [2.24, 2.45) is 7.05 Å². The SMILES string of the molecule is CC(C)c1c(-c2cc(Br)cc(Br)c2)nn(C)c1N. The third kappa shape index (κ3) is 2.47. The van der Waals surface area contributed by atoms with Crippen molar-refractivity contribution < 1.29 is 0 Å². The summed E-state index contributed by atoms with van der Waals surface area (Å²) in [6.07, 6.45) is 0. The Morgan fingerprint density at radius 2 is 1.72 bits per heavy atom. The first-order valence-electron chi connectivity index (χ1n) is 5.69. The molecule has 0 aliphatic carbocycles. The summed E-state index contributed by atoms with van der Waals surface area (Å²) >= 11 is 7.00. The average molecular weight is 373 g/mol. The number of hydrogen-bond donors (Lipinski definition) is 1. The summed E-state index contributed by atoms with van der Waals surface area (Å²) in [5.74, 6) is 1.07. The Hall–Kier alpha value is -0.810. The molecule has 0 aliphatic rings. The standard InChI is InChI=1S/C13H15Br2N3/c1-7(2)11-12(17-18(3)13(11)16)8-4-9(14)6-10(15)5-8/h4-7H,16H2,1-3H3. The van der Waals surface area contributed by atoms with Crippen LogP contribution < -0.4 is 5.73 Å². The number of aromatic nitrogens is 2. The Balaban J connectivity index is 2.67. The molecule has 5 heteroatoms. The first-order chi connectivity index (χ1) is 8.40. The zero-order valence-corrected chi connectivity index (χ0v) is 13.7. The van der Waals surface area contributed by atoms with Gasteiger partial charge in [0.05, 0.1) is 5.69 Å². The van der Waals surface area contributed by atoms with Gasteiger partial charge in [0.1, 0.15) is 5.82 Å². The summed E-state index contributed by atoms with van der Waals surface area (Å²) < 4.78 is 3.77. The molecule has 0 amide bonds. The van der Waals surface area contributed by atoms with Crippen LogP contribution in [0.25, 0.3) is 11.3 Å². The number of halogens is 2. The summed E-state index contributed by atoms with van der Waals surface area (Å²) in [5, 5.41) is 4.53. The minimum atomic E-state index is 0.339. The highest BCUT2D eigenvalue weighted by Gasteiger charge is 2.18. The van der Waals surface area contributed by atoms with Crippen molar-refractivity contribution in [2.45, 2.75) is 19.8 Å². The Morgan fingerprint density at radius 1 is 1.17 bits per heavy atom. The van der Waals surface area contributed by atoms with Crippen LogP contribution in [0.1, 0.15) is 25.3 Å². The molecule has 0 spiro atoms. The number of aryl methyl sites for hydroxylation is 1. The minimum Gasteiger partial charge on any atom is -0.384 e. The number of hydrogen-bond acceptors (Lipinski definition) is 2. The van der Waals surface area contributed by atoms with Gasteiger partial charge in [-0.1, -0.05) is 45.7 Å². The first-order valence-corrected chi connectivity index (χ1v) is 7.27. The maximum Gasteiger partial charge on any atom is 0.125 e. The van der Waals surface area contributed by atoms with E-state index in [-0.39, 0.29) is 0 Å². The number of anilines is 1. The van der Waals surface area contributed by atoms with E-state index in [2.05, 4.69) is 62.9 Å². The number of nitrogens with zero attached hydrogens (tertiary/aromatic N) is 2. The maximum absolute atomic E-state index is 6.09. The number of benzene rings is 1. The lowest BCUT2D eigenvalue weighted by Crippen LogP contribution is -2.00. The van der Waals surface area contributed by atoms with Crippen LogP contribution in [0.5, 0.6) is 0 Å². The Morgan fingerprint density at radius 3 is 2.22 bits per heavy atom. The van der Waals surface area contributed by atoms with Crippen molar-refractivity contribution in [2.75, 3.05) is 5.73 Å². The lowest BCUT2D eigenvalue weighted by atomic mass is 9.99. The largest absolute Gasteiger partial charge is 0.384 e. The molecule has 0 unspecified atom stereocenters. The molecule has 0 aliphatic heterocycles. The van der Waals surface area contributed by atoms with Crippen molar-refractivity contribution >= 4 is 37.7 Å². The van der Waals surface area contributed by atoms with E-state index in [1.54, 1.807) is 4.68 Å². The van der Waals surface area contributed by atoms with Gasteiger partial charge in [-0.25, -0.2) is 0 Å². The van der Waals surface area contributed by atoms with Gasteiger partial charge in [0, 0.05) is 27.1 Å². The molecular weight excluding hydrogens is 358 g/mol. The summed E-state index contributed by atoms with van der Waals surface area (Å²) in [6, 6.07) is 6.11. The van der Waals surface area contributed by atoms with Gasteiger partial charge in [0.15, 0.2) is 0 Å². The second kappa shape index (κ2) is 5.05. The summed E-state index contributed by atoms with van der Waals surface area (Å²) in [7, 11) is 1.87. The monoisotopic (exact) mass is 371 g/mol. The molecule has 0 radical (unpaired) electrons. The molecule has 1 aromatic carbocycles. The number of nitrogen functional groups attached to an aromatic ring is 1. The Bertz CT molecular complexity index is 568. The van der Waals surface area contributed by atoms with Crippen LogP contribution in [-0.4, -0.2) is 9.78 Å². The van der Waals surface area contributed by atoms with E-state index in [1.807, 2.05) is 13.1 Å². The van der Waals surface area contributed by atoms with Crippen LogP contribution in [0.15, 0.2) is 27.1 Å². The predicted molar refractivity (Wildman–Crippen MR) is 82.5 cm³/mol. The molecule has 0 atom stereocenters. The fourth-order valence-electron chi connectivity index (χ4n) is 2.03. The van der Waals surface area contributed by atoms with E-state index in [0.717, 1.165) is 31.6 Å². The quantitative estimate of drug-likeness (QED) is 0.853. The normalized spacial score (nSPS) is 11.2. The van der Waals surface area contributed by atoms with Crippen LogP contribution in [0.4, 0.5) is 5.82 Å². The van der Waals surface area contributed by atoms with Gasteiger partial charge in [-0.15, -0.1) is 0 Å². The summed E-state index contributed by atoms with van der Waals surface area (Å²) in [5.41, 5.74) is 9.21. The fraction of sp³-hybridized carbons (Fsp3) is 0.308. The third-order valence-electron chi connectivity index (χ3n) is 2.84. The van der Waals surface area contributed by atoms with Crippen LogP contribution in [0.2, 0.25) is 0 Å². The molecule has 2 N–H and O–H groups in total. The van der Waals surface area contributed by atoms with E-state index in [1.165, 1.54) is 0 Å². The van der Waals surface area contributed by atoms with E-state index in [4.69, 9.17) is 5.73 Å². The predicted octanol–water partition coefficient (Wildman–Crippen LogP) is 4.32. The van der Waals surface area contributed by atoms with Crippen molar-refractivity contribution in [3.63, 3.8) is 0 Å². The Labute approximate surface area is 124 Å². The van der Waals surface area contributed by atoms with Crippen molar-refractivity contribution in [1.82, 2.24) is 9.78 Å². The van der Waals surface area contributed by atoms with E-state index < -0.39 is 0 Å². The van der Waals surface area contributed by atoms with Gasteiger partial charge in [0.25, 0.3) is 0 Å². The molecule has 18 heavy (non-hydrogen) atoms. The molecule has 0 saturated heterocycles. The highest BCUT2D eigenvalue weighted by Crippen LogP contribution is 2.35. The first kappa shape index (κ1) is 13.6. The molecule has 2 aromatic rings. The molecule has 0 saturated carbocycles. The summed E-state index contributed by atoms with van der Waals surface area (Å²) in [6.45, 7) is 4.26. The van der Waals surface area contributed by atoms with Crippen LogP contribution in [0.3, 0.4) is 0 Å². The van der Waals surface area contributed by atoms with E-state index in [0.29, 0.717) is 5.92 Å². The zero-order valence-electron chi connectivity index (χ0n) is 10.5. The van der Waals surface area contributed by atoms with Crippen molar-refractivity contribution in [3.8, 4) is 11.3 Å². The van der Waals surface area contributed by atoms with Crippen LogP contribution in [0, 0.1) is 0 Å². The molecular formula is C13H15Br2N3. The molecule has 2 rings (SSSR count). The lowest BCUT2D eigenvalue weighted by molar-refractivity contribution is 0.780. The topological polar surface area (TPSA) is 43.8 Å². The van der Waals surface area contributed by atoms with Crippen LogP contribution >= 0.6 is 31.9 Å². The van der Waals surface area contributed by atoms with Crippen LogP contribution in [-0.2, 0) is 7.05 Å². The van der Waals surface area contributed by atoms with Gasteiger partial charge in [-0.2, -0.15) is 5.10 Å². The maximum atomic E-state index is 6.09. The van der Waals surface area contributed by atoms with E-state index in [9.17, 15) is 0 Å². The second-order valence-corrected chi connectivity index (χ2v) is 6.42. The zero-order chi connectivity index (χ0) is 13.4.